The fourth-order valence-corrected chi connectivity index (χ4v) is 2.25. The van der Waals surface area contributed by atoms with Crippen molar-refractivity contribution >= 4 is 23.2 Å². The zero-order chi connectivity index (χ0) is 15.9. The molecule has 2 aromatic rings. The van der Waals surface area contributed by atoms with Crippen LogP contribution in [0.5, 0.6) is 5.75 Å². The molecule has 3 nitrogen and oxygen atoms in total. The molecular formula is C18H20ClNO2. The molecule has 0 aliphatic heterocycles. The maximum absolute atomic E-state index is 12.3. The van der Waals surface area contributed by atoms with Gasteiger partial charge in [-0.15, -0.1) is 0 Å². The number of amides is 1. The molecule has 0 radical (unpaired) electrons. The van der Waals surface area contributed by atoms with E-state index in [0.29, 0.717) is 22.9 Å². The van der Waals surface area contributed by atoms with Gasteiger partial charge in [-0.1, -0.05) is 49.7 Å². The normalized spacial score (nSPS) is 11.8. The number of halogens is 1. The van der Waals surface area contributed by atoms with E-state index in [9.17, 15) is 4.79 Å². The summed E-state index contributed by atoms with van der Waals surface area (Å²) in [5, 5.41) is 3.32. The van der Waals surface area contributed by atoms with Gasteiger partial charge in [0, 0.05) is 0 Å². The smallest absolute Gasteiger partial charge is 0.265 e. The van der Waals surface area contributed by atoms with Crippen LogP contribution in [-0.2, 0) is 11.2 Å². The van der Waals surface area contributed by atoms with Crippen LogP contribution in [0, 0.1) is 0 Å². The van der Waals surface area contributed by atoms with Crippen molar-refractivity contribution in [3.8, 4) is 5.75 Å². The van der Waals surface area contributed by atoms with Crippen molar-refractivity contribution in [3.05, 3.63) is 59.1 Å². The highest BCUT2D eigenvalue weighted by Gasteiger charge is 2.19. The van der Waals surface area contributed by atoms with Gasteiger partial charge in [-0.2, -0.15) is 0 Å². The van der Waals surface area contributed by atoms with Gasteiger partial charge < -0.3 is 10.1 Å². The molecule has 1 N–H and O–H groups in total. The Morgan fingerprint density at radius 3 is 2.41 bits per heavy atom. The fraction of sp³-hybridized carbons (Fsp3) is 0.278. The van der Waals surface area contributed by atoms with Crippen LogP contribution in [0.3, 0.4) is 0 Å². The molecule has 4 heteroatoms. The van der Waals surface area contributed by atoms with Gasteiger partial charge in [-0.3, -0.25) is 4.79 Å². The van der Waals surface area contributed by atoms with Gasteiger partial charge in [-0.05, 0) is 42.7 Å². The van der Waals surface area contributed by atoms with E-state index in [0.717, 1.165) is 6.42 Å². The lowest BCUT2D eigenvalue weighted by Gasteiger charge is -2.18. The Morgan fingerprint density at radius 2 is 1.82 bits per heavy atom. The van der Waals surface area contributed by atoms with Crippen LogP contribution < -0.4 is 10.1 Å². The van der Waals surface area contributed by atoms with Gasteiger partial charge >= 0.3 is 0 Å². The first kappa shape index (κ1) is 16.4. The summed E-state index contributed by atoms with van der Waals surface area (Å²) in [6, 6.07) is 15.0. The minimum atomic E-state index is -0.552. The Kier molecular flexibility index (Phi) is 5.84. The molecular weight excluding hydrogens is 298 g/mol. The number of rotatable bonds is 6. The van der Waals surface area contributed by atoms with Gasteiger partial charge in [0.25, 0.3) is 5.91 Å². The van der Waals surface area contributed by atoms with E-state index < -0.39 is 6.10 Å². The number of benzene rings is 2. The molecule has 0 saturated heterocycles. The molecule has 0 aliphatic rings. The molecule has 0 saturated carbocycles. The van der Waals surface area contributed by atoms with Gasteiger partial charge in [0.15, 0.2) is 6.10 Å². The number of hydrogen-bond donors (Lipinski definition) is 1. The van der Waals surface area contributed by atoms with Crippen molar-refractivity contribution < 1.29 is 9.53 Å². The molecule has 0 aliphatic carbocycles. The number of carbonyl (C=O) groups is 1. The Hall–Kier alpha value is -2.00. The van der Waals surface area contributed by atoms with Crippen LogP contribution in [0.15, 0.2) is 48.5 Å². The maximum Gasteiger partial charge on any atom is 0.265 e. The largest absolute Gasteiger partial charge is 0.481 e. The third-order valence-electron chi connectivity index (χ3n) is 3.40. The highest BCUT2D eigenvalue weighted by molar-refractivity contribution is 6.33. The summed E-state index contributed by atoms with van der Waals surface area (Å²) in [5.74, 6) is 0.494. The quantitative estimate of drug-likeness (QED) is 0.838. The summed E-state index contributed by atoms with van der Waals surface area (Å²) in [5.41, 5.74) is 1.83. The predicted octanol–water partition coefficient (Wildman–Crippen LogP) is 4.70. The fourth-order valence-electron chi connectivity index (χ4n) is 2.07. The summed E-state index contributed by atoms with van der Waals surface area (Å²) in [6.45, 7) is 4.01. The third-order valence-corrected chi connectivity index (χ3v) is 3.73. The van der Waals surface area contributed by atoms with Crippen LogP contribution in [0.25, 0.3) is 0 Å². The molecule has 0 fully saturated rings. The molecule has 0 aromatic heterocycles. The number of nitrogens with one attached hydrogen (secondary N) is 1. The highest BCUT2D eigenvalue weighted by Crippen LogP contribution is 2.22. The van der Waals surface area contributed by atoms with E-state index in [1.165, 1.54) is 5.56 Å². The first-order valence-corrected chi connectivity index (χ1v) is 7.82. The number of ether oxygens (including phenoxy) is 1. The maximum atomic E-state index is 12.3. The van der Waals surface area contributed by atoms with E-state index in [1.807, 2.05) is 43.3 Å². The minimum absolute atomic E-state index is 0.199. The van der Waals surface area contributed by atoms with Crippen molar-refractivity contribution in [1.82, 2.24) is 0 Å². The van der Waals surface area contributed by atoms with Gasteiger partial charge in [0.1, 0.15) is 5.75 Å². The van der Waals surface area contributed by atoms with Gasteiger partial charge in [0.05, 0.1) is 10.7 Å². The second-order valence-electron chi connectivity index (χ2n) is 4.98. The van der Waals surface area contributed by atoms with Crippen molar-refractivity contribution in [1.29, 1.82) is 0 Å². The van der Waals surface area contributed by atoms with Gasteiger partial charge in [0.2, 0.25) is 0 Å². The summed E-state index contributed by atoms with van der Waals surface area (Å²) >= 11 is 6.05. The molecule has 22 heavy (non-hydrogen) atoms. The Balaban J connectivity index is 2.03. The summed E-state index contributed by atoms with van der Waals surface area (Å²) in [7, 11) is 0. The van der Waals surface area contributed by atoms with E-state index in [1.54, 1.807) is 12.1 Å². The first-order valence-electron chi connectivity index (χ1n) is 7.45. The molecule has 1 atom stereocenters. The molecule has 116 valence electrons. The van der Waals surface area contributed by atoms with E-state index >= 15 is 0 Å². The van der Waals surface area contributed by atoms with E-state index in [2.05, 4.69) is 12.2 Å². The number of carbonyl (C=O) groups excluding carboxylic acids is 1. The number of hydrogen-bond acceptors (Lipinski definition) is 2. The summed E-state index contributed by atoms with van der Waals surface area (Å²) in [6.07, 6.45) is 1.000. The minimum Gasteiger partial charge on any atom is -0.481 e. The van der Waals surface area contributed by atoms with E-state index in [-0.39, 0.29) is 5.91 Å². The molecule has 0 heterocycles. The molecule has 1 amide bonds. The van der Waals surface area contributed by atoms with Crippen LogP contribution in [0.2, 0.25) is 5.02 Å². The zero-order valence-corrected chi connectivity index (χ0v) is 13.6. The Bertz CT molecular complexity index is 625. The number of para-hydroxylation sites is 1. The van der Waals surface area contributed by atoms with Crippen molar-refractivity contribution in [3.63, 3.8) is 0 Å². The molecule has 2 aromatic carbocycles. The average Bonchev–Trinajstić information content (AvgIpc) is 2.55. The lowest BCUT2D eigenvalue weighted by molar-refractivity contribution is -0.122. The van der Waals surface area contributed by atoms with Crippen molar-refractivity contribution in [2.24, 2.45) is 0 Å². The first-order chi connectivity index (χ1) is 10.6. The summed E-state index contributed by atoms with van der Waals surface area (Å²) in [4.78, 5) is 12.3. The van der Waals surface area contributed by atoms with Crippen LogP contribution >= 0.6 is 11.6 Å². The predicted molar refractivity (Wildman–Crippen MR) is 90.6 cm³/mol. The zero-order valence-electron chi connectivity index (χ0n) is 12.8. The van der Waals surface area contributed by atoms with Crippen molar-refractivity contribution in [2.75, 3.05) is 5.32 Å². The molecule has 2 rings (SSSR count). The lowest BCUT2D eigenvalue weighted by atomic mass is 10.1. The van der Waals surface area contributed by atoms with Gasteiger partial charge in [-0.25, -0.2) is 0 Å². The second kappa shape index (κ2) is 7.85. The third kappa shape index (κ3) is 4.25. The van der Waals surface area contributed by atoms with E-state index in [4.69, 9.17) is 16.3 Å². The standard InChI is InChI=1S/C18H20ClNO2/c1-3-13-9-11-14(12-10-13)22-17(4-2)18(21)20-16-8-6-5-7-15(16)19/h5-12,17H,3-4H2,1-2H3,(H,20,21). The van der Waals surface area contributed by atoms with Crippen LogP contribution in [0.4, 0.5) is 5.69 Å². The highest BCUT2D eigenvalue weighted by atomic mass is 35.5. The average molecular weight is 318 g/mol. The Labute approximate surface area is 136 Å². The molecule has 0 bridgehead atoms. The number of aryl methyl sites for hydroxylation is 1. The number of anilines is 1. The van der Waals surface area contributed by atoms with Crippen LogP contribution in [-0.4, -0.2) is 12.0 Å². The lowest BCUT2D eigenvalue weighted by Crippen LogP contribution is -2.32. The van der Waals surface area contributed by atoms with Crippen LogP contribution in [0.1, 0.15) is 25.8 Å². The Morgan fingerprint density at radius 1 is 1.14 bits per heavy atom. The van der Waals surface area contributed by atoms with Crippen molar-refractivity contribution in [2.45, 2.75) is 32.8 Å². The monoisotopic (exact) mass is 317 g/mol. The second-order valence-corrected chi connectivity index (χ2v) is 5.39. The summed E-state index contributed by atoms with van der Waals surface area (Å²) < 4.78 is 5.78. The molecule has 0 spiro atoms. The topological polar surface area (TPSA) is 38.3 Å². The SMILES string of the molecule is CCc1ccc(OC(CC)C(=O)Nc2ccccc2Cl)cc1. The molecule has 1 unspecified atom stereocenters.